The Hall–Kier alpha value is -0.630. The number of halogens is 2. The van der Waals surface area contributed by atoms with Gasteiger partial charge in [-0.3, -0.25) is 4.79 Å². The van der Waals surface area contributed by atoms with E-state index in [-0.39, 0.29) is 22.4 Å². The lowest BCUT2D eigenvalue weighted by Gasteiger charge is -2.43. The highest BCUT2D eigenvalue weighted by Gasteiger charge is 2.47. The van der Waals surface area contributed by atoms with Crippen LogP contribution in [0.2, 0.25) is 5.02 Å². The minimum Gasteiger partial charge on any atom is -0.343 e. The monoisotopic (exact) mass is 394 g/mol. The van der Waals surface area contributed by atoms with Crippen LogP contribution in [0.1, 0.15) is 13.8 Å². The summed E-state index contributed by atoms with van der Waals surface area (Å²) in [5.41, 5.74) is -1.14. The molecule has 0 unspecified atom stereocenters. The second-order valence-electron chi connectivity index (χ2n) is 5.44. The summed E-state index contributed by atoms with van der Waals surface area (Å²) in [6.07, 6.45) is 0. The van der Waals surface area contributed by atoms with Gasteiger partial charge in [0.2, 0.25) is 15.9 Å². The van der Waals surface area contributed by atoms with E-state index in [4.69, 9.17) is 11.6 Å². The van der Waals surface area contributed by atoms with E-state index in [0.29, 0.717) is 11.0 Å². The molecule has 1 aromatic rings. The van der Waals surface area contributed by atoms with Crippen LogP contribution in [0, 0.1) is 0 Å². The van der Waals surface area contributed by atoms with Gasteiger partial charge in [0.25, 0.3) is 0 Å². The first-order valence-corrected chi connectivity index (χ1v) is 8.93. The van der Waals surface area contributed by atoms with E-state index >= 15 is 0 Å². The van der Waals surface area contributed by atoms with Crippen LogP contribution in [0.3, 0.4) is 0 Å². The molecule has 5 nitrogen and oxygen atoms in total. The van der Waals surface area contributed by atoms with E-state index in [1.54, 1.807) is 27.0 Å². The zero-order valence-corrected chi connectivity index (χ0v) is 15.1. The topological polar surface area (TPSA) is 57.7 Å². The molecule has 0 saturated carbocycles. The molecule has 0 N–H and O–H groups in total. The number of sulfonamides is 1. The zero-order valence-electron chi connectivity index (χ0n) is 11.9. The molecule has 0 spiro atoms. The lowest BCUT2D eigenvalue weighted by atomic mass is 10.0. The van der Waals surface area contributed by atoms with Crippen LogP contribution >= 0.6 is 27.5 Å². The number of hydrogen-bond donors (Lipinski definition) is 0. The molecular formula is C13H16BrClN2O3S. The maximum atomic E-state index is 12.9. The normalized spacial score (nSPS) is 19.9. The van der Waals surface area contributed by atoms with E-state index in [2.05, 4.69) is 15.9 Å². The van der Waals surface area contributed by atoms with Gasteiger partial charge < -0.3 is 4.90 Å². The van der Waals surface area contributed by atoms with Crippen molar-refractivity contribution in [3.8, 4) is 0 Å². The number of amides is 1. The van der Waals surface area contributed by atoms with Crippen molar-refractivity contribution in [2.75, 3.05) is 20.1 Å². The maximum absolute atomic E-state index is 12.9. The second-order valence-corrected chi connectivity index (χ2v) is 8.59. The third-order valence-corrected chi connectivity index (χ3v) is 6.64. The fraction of sp³-hybridized carbons (Fsp3) is 0.462. The average Bonchev–Trinajstić information content (AvgIpc) is 2.38. The summed E-state index contributed by atoms with van der Waals surface area (Å²) in [5.74, 6) is -0.233. The van der Waals surface area contributed by atoms with Gasteiger partial charge in [-0.05, 0) is 32.0 Å². The fourth-order valence-corrected chi connectivity index (χ4v) is 5.16. The van der Waals surface area contributed by atoms with Gasteiger partial charge in [0, 0.05) is 24.6 Å². The number of piperazine rings is 1. The standard InChI is InChI=1S/C13H16BrClN2O3S/c1-13(2)12(18)16(3)6-7-17(13)21(19,20)11-8-9(14)4-5-10(11)15/h4-5,8H,6-7H2,1-3H3. The fourth-order valence-electron chi connectivity index (χ4n) is 2.41. The van der Waals surface area contributed by atoms with Gasteiger partial charge in [-0.1, -0.05) is 27.5 Å². The first kappa shape index (κ1) is 16.7. The third-order valence-electron chi connectivity index (χ3n) is 3.59. The van der Waals surface area contributed by atoms with Gasteiger partial charge in [-0.15, -0.1) is 0 Å². The molecule has 1 aliphatic heterocycles. The number of likely N-dealkylation sites (N-methyl/N-ethyl adjacent to an activating group) is 1. The highest BCUT2D eigenvalue weighted by molar-refractivity contribution is 9.10. The molecule has 1 saturated heterocycles. The predicted octanol–water partition coefficient (Wildman–Crippen LogP) is 2.34. The van der Waals surface area contributed by atoms with Crippen molar-refractivity contribution in [1.29, 1.82) is 0 Å². The van der Waals surface area contributed by atoms with E-state index < -0.39 is 15.6 Å². The largest absolute Gasteiger partial charge is 0.343 e. The Bertz CT molecular complexity index is 691. The first-order valence-electron chi connectivity index (χ1n) is 6.32. The van der Waals surface area contributed by atoms with Gasteiger partial charge in [0.05, 0.1) is 5.02 Å². The van der Waals surface area contributed by atoms with Crippen LogP contribution in [-0.4, -0.2) is 49.2 Å². The number of carbonyl (C=O) groups is 1. The van der Waals surface area contributed by atoms with Crippen molar-refractivity contribution in [3.63, 3.8) is 0 Å². The van der Waals surface area contributed by atoms with Crippen LogP contribution < -0.4 is 0 Å². The number of rotatable bonds is 2. The highest BCUT2D eigenvalue weighted by atomic mass is 79.9. The maximum Gasteiger partial charge on any atom is 0.245 e. The first-order chi connectivity index (χ1) is 9.58. The number of benzene rings is 1. The summed E-state index contributed by atoms with van der Waals surface area (Å²) in [6, 6.07) is 4.64. The molecule has 0 atom stereocenters. The molecular weight excluding hydrogens is 380 g/mol. The van der Waals surface area contributed by atoms with Gasteiger partial charge in [-0.25, -0.2) is 8.42 Å². The molecule has 1 fully saturated rings. The van der Waals surface area contributed by atoms with E-state index in [0.717, 1.165) is 0 Å². The van der Waals surface area contributed by atoms with Crippen molar-refractivity contribution in [2.24, 2.45) is 0 Å². The molecule has 1 aliphatic rings. The van der Waals surface area contributed by atoms with Gasteiger partial charge >= 0.3 is 0 Å². The molecule has 21 heavy (non-hydrogen) atoms. The van der Waals surface area contributed by atoms with E-state index in [1.165, 1.54) is 21.3 Å². The van der Waals surface area contributed by atoms with Crippen molar-refractivity contribution < 1.29 is 13.2 Å². The second kappa shape index (κ2) is 5.53. The smallest absolute Gasteiger partial charge is 0.245 e. The lowest BCUT2D eigenvalue weighted by Crippen LogP contribution is -2.63. The summed E-state index contributed by atoms with van der Waals surface area (Å²) < 4.78 is 27.6. The van der Waals surface area contributed by atoms with Crippen LogP contribution in [0.25, 0.3) is 0 Å². The summed E-state index contributed by atoms with van der Waals surface area (Å²) in [7, 11) is -2.19. The summed E-state index contributed by atoms with van der Waals surface area (Å²) >= 11 is 9.28. The number of carbonyl (C=O) groups excluding carboxylic acids is 1. The van der Waals surface area contributed by atoms with Crippen LogP contribution in [0.4, 0.5) is 0 Å². The Morgan fingerprint density at radius 1 is 1.29 bits per heavy atom. The Labute approximate surface area is 138 Å². The molecule has 116 valence electrons. The molecule has 1 aromatic carbocycles. The van der Waals surface area contributed by atoms with Gasteiger partial charge in [-0.2, -0.15) is 4.31 Å². The quantitative estimate of drug-likeness (QED) is 0.772. The summed E-state index contributed by atoms with van der Waals surface area (Å²) in [6.45, 7) is 3.80. The molecule has 1 heterocycles. The summed E-state index contributed by atoms with van der Waals surface area (Å²) in [5, 5.41) is 0.139. The van der Waals surface area contributed by atoms with Gasteiger partial charge in [0.1, 0.15) is 10.4 Å². The minimum absolute atomic E-state index is 0.00368. The molecule has 0 aliphatic carbocycles. The molecule has 1 amide bonds. The van der Waals surface area contributed by atoms with Crippen LogP contribution in [-0.2, 0) is 14.8 Å². The molecule has 0 radical (unpaired) electrons. The van der Waals surface area contributed by atoms with Crippen molar-refractivity contribution in [2.45, 2.75) is 24.3 Å². The van der Waals surface area contributed by atoms with Crippen molar-refractivity contribution >= 4 is 43.5 Å². The zero-order chi connectivity index (χ0) is 16.0. The SMILES string of the molecule is CN1CCN(S(=O)(=O)c2cc(Br)ccc2Cl)C(C)(C)C1=O. The van der Waals surface area contributed by atoms with Gasteiger partial charge in [0.15, 0.2) is 0 Å². The Balaban J connectivity index is 2.54. The molecule has 0 aromatic heterocycles. The average molecular weight is 396 g/mol. The lowest BCUT2D eigenvalue weighted by molar-refractivity contribution is -0.142. The highest BCUT2D eigenvalue weighted by Crippen LogP contribution is 2.33. The predicted molar refractivity (Wildman–Crippen MR) is 84.8 cm³/mol. The van der Waals surface area contributed by atoms with Crippen LogP contribution in [0.15, 0.2) is 27.6 Å². The third kappa shape index (κ3) is 2.84. The number of nitrogens with zero attached hydrogens (tertiary/aromatic N) is 2. The number of hydrogen-bond acceptors (Lipinski definition) is 3. The molecule has 0 bridgehead atoms. The van der Waals surface area contributed by atoms with Crippen molar-refractivity contribution in [3.05, 3.63) is 27.7 Å². The Kier molecular flexibility index (Phi) is 4.41. The molecule has 8 heteroatoms. The van der Waals surface area contributed by atoms with E-state index in [9.17, 15) is 13.2 Å². The Morgan fingerprint density at radius 3 is 2.52 bits per heavy atom. The van der Waals surface area contributed by atoms with Crippen LogP contribution in [0.5, 0.6) is 0 Å². The van der Waals surface area contributed by atoms with Crippen molar-refractivity contribution in [1.82, 2.24) is 9.21 Å². The Morgan fingerprint density at radius 2 is 1.90 bits per heavy atom. The minimum atomic E-state index is -3.86. The summed E-state index contributed by atoms with van der Waals surface area (Å²) in [4.78, 5) is 13.8. The molecule has 2 rings (SSSR count). The van der Waals surface area contributed by atoms with E-state index in [1.807, 2.05) is 0 Å².